The molecule has 0 saturated heterocycles. The van der Waals surface area contributed by atoms with Crippen LogP contribution in [0.25, 0.3) is 0 Å². The second-order valence-corrected chi connectivity index (χ2v) is 6.10. The molecule has 23 heavy (non-hydrogen) atoms. The summed E-state index contributed by atoms with van der Waals surface area (Å²) in [7, 11) is 1.83. The molecule has 1 heterocycles. The lowest BCUT2D eigenvalue weighted by atomic mass is 9.96. The van der Waals surface area contributed by atoms with E-state index in [4.69, 9.17) is 0 Å². The number of pyridine rings is 1. The van der Waals surface area contributed by atoms with Crippen molar-refractivity contribution in [2.24, 2.45) is 4.99 Å². The topological polar surface area (TPSA) is 52.5 Å². The fourth-order valence-corrected chi connectivity index (χ4v) is 3.08. The zero-order valence-corrected chi connectivity index (χ0v) is 14.8. The Hall–Kier alpha value is -1.78. The molecule has 0 unspecified atom stereocenters. The average molecular weight is 317 g/mol. The summed E-state index contributed by atoms with van der Waals surface area (Å²) in [6, 6.07) is 4.81. The molecule has 1 fully saturated rings. The van der Waals surface area contributed by atoms with Crippen LogP contribution >= 0.6 is 0 Å². The smallest absolute Gasteiger partial charge is 0.191 e. The first-order valence-corrected chi connectivity index (χ1v) is 8.93. The summed E-state index contributed by atoms with van der Waals surface area (Å²) in [6.45, 7) is 7.03. The van der Waals surface area contributed by atoms with Gasteiger partial charge in [-0.3, -0.25) is 4.99 Å². The van der Waals surface area contributed by atoms with Gasteiger partial charge in [-0.05, 0) is 38.3 Å². The fraction of sp³-hybridized carbons (Fsp3) is 0.667. The third kappa shape index (κ3) is 5.41. The molecule has 128 valence electrons. The first-order valence-electron chi connectivity index (χ1n) is 8.93. The highest BCUT2D eigenvalue weighted by molar-refractivity contribution is 5.79. The number of anilines is 1. The number of nitrogens with one attached hydrogen (secondary N) is 2. The molecule has 1 saturated carbocycles. The van der Waals surface area contributed by atoms with E-state index in [-0.39, 0.29) is 0 Å². The Balaban J connectivity index is 1.83. The molecule has 2 N–H and O–H groups in total. The Kier molecular flexibility index (Phi) is 7.17. The molecule has 0 atom stereocenters. The van der Waals surface area contributed by atoms with E-state index in [0.717, 1.165) is 31.4 Å². The van der Waals surface area contributed by atoms with Gasteiger partial charge in [0.1, 0.15) is 5.82 Å². The van der Waals surface area contributed by atoms with Gasteiger partial charge in [0.15, 0.2) is 5.96 Å². The van der Waals surface area contributed by atoms with E-state index in [1.807, 2.05) is 13.2 Å². The van der Waals surface area contributed by atoms with Crippen molar-refractivity contribution in [2.45, 2.75) is 58.5 Å². The maximum Gasteiger partial charge on any atom is 0.191 e. The molecule has 0 aromatic carbocycles. The van der Waals surface area contributed by atoms with Crippen LogP contribution < -0.4 is 15.5 Å². The molecule has 1 aromatic rings. The van der Waals surface area contributed by atoms with E-state index >= 15 is 0 Å². The number of aliphatic imine (C=N–C) groups is 1. The van der Waals surface area contributed by atoms with Crippen LogP contribution in [0.5, 0.6) is 0 Å². The second-order valence-electron chi connectivity index (χ2n) is 6.10. The van der Waals surface area contributed by atoms with Gasteiger partial charge in [0.2, 0.25) is 0 Å². The van der Waals surface area contributed by atoms with Gasteiger partial charge in [-0.25, -0.2) is 4.98 Å². The number of aromatic nitrogens is 1. The van der Waals surface area contributed by atoms with Gasteiger partial charge in [0, 0.05) is 38.9 Å². The minimum Gasteiger partial charge on any atom is -0.357 e. The van der Waals surface area contributed by atoms with Gasteiger partial charge in [0.05, 0.1) is 0 Å². The highest BCUT2D eigenvalue weighted by atomic mass is 15.2. The number of nitrogens with zero attached hydrogens (tertiary/aromatic N) is 3. The molecule has 5 nitrogen and oxygen atoms in total. The van der Waals surface area contributed by atoms with Crippen molar-refractivity contribution < 1.29 is 0 Å². The van der Waals surface area contributed by atoms with E-state index < -0.39 is 0 Å². The minimum atomic E-state index is 0.568. The van der Waals surface area contributed by atoms with Crippen LogP contribution in [-0.2, 0) is 6.54 Å². The number of guanidine groups is 1. The van der Waals surface area contributed by atoms with Crippen LogP contribution in [0.4, 0.5) is 5.82 Å². The summed E-state index contributed by atoms with van der Waals surface area (Å²) >= 11 is 0. The van der Waals surface area contributed by atoms with E-state index in [1.54, 1.807) is 0 Å². The molecule has 0 radical (unpaired) electrons. The molecule has 1 aliphatic rings. The van der Waals surface area contributed by atoms with Crippen LogP contribution in [0.3, 0.4) is 0 Å². The normalized spacial score (nSPS) is 16.2. The second kappa shape index (κ2) is 9.38. The molecular formula is C18H31N5. The lowest BCUT2D eigenvalue weighted by Crippen LogP contribution is -2.43. The monoisotopic (exact) mass is 317 g/mol. The van der Waals surface area contributed by atoms with Gasteiger partial charge in [-0.2, -0.15) is 0 Å². The summed E-state index contributed by atoms with van der Waals surface area (Å²) in [5.74, 6) is 1.94. The van der Waals surface area contributed by atoms with E-state index in [0.29, 0.717) is 6.04 Å². The first-order chi connectivity index (χ1) is 11.3. The quantitative estimate of drug-likeness (QED) is 0.626. The van der Waals surface area contributed by atoms with Gasteiger partial charge in [-0.15, -0.1) is 0 Å². The van der Waals surface area contributed by atoms with Crippen molar-refractivity contribution in [3.8, 4) is 0 Å². The van der Waals surface area contributed by atoms with Crippen LogP contribution in [0.15, 0.2) is 23.3 Å². The van der Waals surface area contributed by atoms with Crippen molar-refractivity contribution in [1.29, 1.82) is 0 Å². The highest BCUT2D eigenvalue weighted by Gasteiger charge is 2.14. The Morgan fingerprint density at radius 2 is 1.96 bits per heavy atom. The lowest BCUT2D eigenvalue weighted by molar-refractivity contribution is 0.410. The maximum atomic E-state index is 4.57. The van der Waals surface area contributed by atoms with Gasteiger partial charge in [-0.1, -0.05) is 25.3 Å². The maximum absolute atomic E-state index is 4.57. The fourth-order valence-electron chi connectivity index (χ4n) is 3.08. The standard InChI is InChI=1S/C18H31N5/c1-4-23(5-2)17-12-11-15(13-20-17)14-21-18(19-3)22-16-9-7-6-8-10-16/h11-13,16H,4-10,14H2,1-3H3,(H2,19,21,22). The summed E-state index contributed by atoms with van der Waals surface area (Å²) in [6.07, 6.45) is 8.47. The molecule has 0 amide bonds. The predicted molar refractivity (Wildman–Crippen MR) is 98.0 cm³/mol. The van der Waals surface area contributed by atoms with E-state index in [1.165, 1.54) is 37.7 Å². The molecular weight excluding hydrogens is 286 g/mol. The van der Waals surface area contributed by atoms with Crippen molar-refractivity contribution >= 4 is 11.8 Å². The average Bonchev–Trinajstić information content (AvgIpc) is 2.61. The van der Waals surface area contributed by atoms with Crippen LogP contribution in [-0.4, -0.2) is 37.1 Å². The molecule has 5 heteroatoms. The highest BCUT2D eigenvalue weighted by Crippen LogP contribution is 2.17. The summed E-state index contributed by atoms with van der Waals surface area (Å²) in [4.78, 5) is 11.2. The van der Waals surface area contributed by atoms with Crippen LogP contribution in [0.2, 0.25) is 0 Å². The van der Waals surface area contributed by atoms with Crippen LogP contribution in [0.1, 0.15) is 51.5 Å². The van der Waals surface area contributed by atoms with Gasteiger partial charge < -0.3 is 15.5 Å². The lowest BCUT2D eigenvalue weighted by Gasteiger charge is -2.25. The third-order valence-electron chi connectivity index (χ3n) is 4.53. The summed E-state index contributed by atoms with van der Waals surface area (Å²) in [5.41, 5.74) is 1.17. The molecule has 0 bridgehead atoms. The van der Waals surface area contributed by atoms with Crippen LogP contribution in [0, 0.1) is 0 Å². The zero-order valence-electron chi connectivity index (χ0n) is 14.8. The Labute approximate surface area is 140 Å². The molecule has 1 aliphatic carbocycles. The molecule has 1 aromatic heterocycles. The van der Waals surface area contributed by atoms with Gasteiger partial charge >= 0.3 is 0 Å². The number of rotatable bonds is 6. The number of hydrogen-bond donors (Lipinski definition) is 2. The summed E-state index contributed by atoms with van der Waals surface area (Å²) < 4.78 is 0. The van der Waals surface area contributed by atoms with Crippen molar-refractivity contribution in [1.82, 2.24) is 15.6 Å². The minimum absolute atomic E-state index is 0.568. The SMILES string of the molecule is CCN(CC)c1ccc(CNC(=NC)NC2CCCCC2)cn1. The zero-order chi connectivity index (χ0) is 16.5. The first kappa shape index (κ1) is 17.6. The largest absolute Gasteiger partial charge is 0.357 e. The predicted octanol–water partition coefficient (Wildman–Crippen LogP) is 2.93. The molecule has 0 aliphatic heterocycles. The van der Waals surface area contributed by atoms with Crippen molar-refractivity contribution in [3.05, 3.63) is 23.9 Å². The number of hydrogen-bond acceptors (Lipinski definition) is 3. The third-order valence-corrected chi connectivity index (χ3v) is 4.53. The van der Waals surface area contributed by atoms with Crippen molar-refractivity contribution in [3.63, 3.8) is 0 Å². The Bertz CT molecular complexity index is 473. The van der Waals surface area contributed by atoms with E-state index in [9.17, 15) is 0 Å². The van der Waals surface area contributed by atoms with Crippen molar-refractivity contribution in [2.75, 3.05) is 25.0 Å². The Morgan fingerprint density at radius 3 is 2.52 bits per heavy atom. The molecule has 2 rings (SSSR count). The van der Waals surface area contributed by atoms with Gasteiger partial charge in [0.25, 0.3) is 0 Å². The van der Waals surface area contributed by atoms with E-state index in [2.05, 4.69) is 51.5 Å². The summed E-state index contributed by atoms with van der Waals surface area (Å²) in [5, 5.41) is 6.93. The molecule has 0 spiro atoms. The Morgan fingerprint density at radius 1 is 1.22 bits per heavy atom.